The van der Waals surface area contributed by atoms with Crippen molar-refractivity contribution in [1.82, 2.24) is 0 Å². The number of rotatable bonds is 3. The van der Waals surface area contributed by atoms with Crippen LogP contribution in [0, 0.1) is 6.92 Å². The standard InChI is InChI=1S/C19H24N2/c1-15-8-2-4-11-17(15)18(20)14-21-13-7-6-10-16-9-3-5-12-19(16)21/h2-5,8-9,11-12,18H,6-7,10,13-14,20H2,1H3. The second-order valence-electron chi connectivity index (χ2n) is 5.99. The normalized spacial score (nSPS) is 16.2. The highest BCUT2D eigenvalue weighted by Gasteiger charge is 2.18. The van der Waals surface area contributed by atoms with E-state index in [1.165, 1.54) is 41.6 Å². The molecule has 2 heteroatoms. The third-order valence-electron chi connectivity index (χ3n) is 4.46. The molecule has 2 aromatic carbocycles. The maximum atomic E-state index is 6.49. The van der Waals surface area contributed by atoms with Gasteiger partial charge in [0.15, 0.2) is 0 Å². The Labute approximate surface area is 127 Å². The predicted octanol–water partition coefficient (Wildman–Crippen LogP) is 3.84. The van der Waals surface area contributed by atoms with Gasteiger partial charge in [-0.05, 0) is 48.9 Å². The molecule has 1 aliphatic heterocycles. The molecule has 0 fully saturated rings. The summed E-state index contributed by atoms with van der Waals surface area (Å²) in [5, 5.41) is 0. The molecule has 0 aliphatic carbocycles. The van der Waals surface area contributed by atoms with Crippen molar-refractivity contribution >= 4 is 5.69 Å². The van der Waals surface area contributed by atoms with Gasteiger partial charge in [-0.1, -0.05) is 42.5 Å². The van der Waals surface area contributed by atoms with Crippen molar-refractivity contribution in [3.8, 4) is 0 Å². The Kier molecular flexibility index (Phi) is 4.26. The van der Waals surface area contributed by atoms with Crippen LogP contribution < -0.4 is 10.6 Å². The lowest BCUT2D eigenvalue weighted by Crippen LogP contribution is -2.33. The Balaban J connectivity index is 1.83. The highest BCUT2D eigenvalue weighted by molar-refractivity contribution is 5.54. The van der Waals surface area contributed by atoms with E-state index < -0.39 is 0 Å². The maximum absolute atomic E-state index is 6.49. The first-order chi connectivity index (χ1) is 10.3. The molecule has 1 aliphatic rings. The van der Waals surface area contributed by atoms with E-state index in [2.05, 4.69) is 60.4 Å². The number of benzene rings is 2. The van der Waals surface area contributed by atoms with Gasteiger partial charge >= 0.3 is 0 Å². The first-order valence-electron chi connectivity index (χ1n) is 7.89. The summed E-state index contributed by atoms with van der Waals surface area (Å²) in [6, 6.07) is 17.3. The van der Waals surface area contributed by atoms with Gasteiger partial charge in [0, 0.05) is 24.8 Å². The van der Waals surface area contributed by atoms with Gasteiger partial charge in [0.2, 0.25) is 0 Å². The molecule has 0 spiro atoms. The van der Waals surface area contributed by atoms with Gasteiger partial charge in [-0.25, -0.2) is 0 Å². The maximum Gasteiger partial charge on any atom is 0.0475 e. The summed E-state index contributed by atoms with van der Waals surface area (Å²) in [6.45, 7) is 4.14. The molecule has 0 saturated heterocycles. The van der Waals surface area contributed by atoms with E-state index in [9.17, 15) is 0 Å². The minimum atomic E-state index is 0.0670. The van der Waals surface area contributed by atoms with Crippen LogP contribution in [-0.4, -0.2) is 13.1 Å². The van der Waals surface area contributed by atoms with E-state index in [-0.39, 0.29) is 6.04 Å². The molecule has 0 radical (unpaired) electrons. The minimum absolute atomic E-state index is 0.0670. The summed E-state index contributed by atoms with van der Waals surface area (Å²) in [4.78, 5) is 2.47. The zero-order chi connectivity index (χ0) is 14.7. The highest BCUT2D eigenvalue weighted by atomic mass is 15.1. The third kappa shape index (κ3) is 3.11. The van der Waals surface area contributed by atoms with Crippen LogP contribution in [0.15, 0.2) is 48.5 Å². The number of aryl methyl sites for hydroxylation is 2. The van der Waals surface area contributed by atoms with Gasteiger partial charge in [0.05, 0.1) is 0 Å². The summed E-state index contributed by atoms with van der Waals surface area (Å²) in [5.41, 5.74) is 11.9. The van der Waals surface area contributed by atoms with Gasteiger partial charge in [0.25, 0.3) is 0 Å². The summed E-state index contributed by atoms with van der Waals surface area (Å²) >= 11 is 0. The number of para-hydroxylation sites is 1. The van der Waals surface area contributed by atoms with E-state index in [1.807, 2.05) is 0 Å². The van der Waals surface area contributed by atoms with E-state index in [0.717, 1.165) is 13.1 Å². The quantitative estimate of drug-likeness (QED) is 0.925. The molecule has 21 heavy (non-hydrogen) atoms. The second kappa shape index (κ2) is 6.31. The SMILES string of the molecule is Cc1ccccc1C(N)CN1CCCCc2ccccc21. The highest BCUT2D eigenvalue weighted by Crippen LogP contribution is 2.28. The average molecular weight is 280 g/mol. The fraction of sp³-hybridized carbons (Fsp3) is 0.368. The lowest BCUT2D eigenvalue weighted by atomic mass is 10.0. The molecule has 3 rings (SSSR count). The van der Waals surface area contributed by atoms with E-state index in [4.69, 9.17) is 5.73 Å². The smallest absolute Gasteiger partial charge is 0.0475 e. The summed E-state index contributed by atoms with van der Waals surface area (Å²) in [6.07, 6.45) is 3.70. The number of nitrogens with two attached hydrogens (primary N) is 1. The molecule has 110 valence electrons. The van der Waals surface area contributed by atoms with Crippen LogP contribution in [0.1, 0.15) is 35.6 Å². The second-order valence-corrected chi connectivity index (χ2v) is 5.99. The zero-order valence-electron chi connectivity index (χ0n) is 12.8. The molecule has 1 atom stereocenters. The fourth-order valence-corrected chi connectivity index (χ4v) is 3.30. The predicted molar refractivity (Wildman–Crippen MR) is 89.7 cm³/mol. The van der Waals surface area contributed by atoms with Crippen LogP contribution in [0.4, 0.5) is 5.69 Å². The Morgan fingerprint density at radius 1 is 1.05 bits per heavy atom. The molecule has 2 N–H and O–H groups in total. The van der Waals surface area contributed by atoms with Crippen molar-refractivity contribution in [2.75, 3.05) is 18.0 Å². The topological polar surface area (TPSA) is 29.3 Å². The largest absolute Gasteiger partial charge is 0.369 e. The summed E-state index contributed by atoms with van der Waals surface area (Å²) in [7, 11) is 0. The van der Waals surface area contributed by atoms with Crippen LogP contribution in [-0.2, 0) is 6.42 Å². The van der Waals surface area contributed by atoms with Crippen LogP contribution in [0.5, 0.6) is 0 Å². The molecule has 0 bridgehead atoms. The van der Waals surface area contributed by atoms with Crippen molar-refractivity contribution in [3.05, 3.63) is 65.2 Å². The van der Waals surface area contributed by atoms with Crippen molar-refractivity contribution in [1.29, 1.82) is 0 Å². The van der Waals surface area contributed by atoms with Crippen LogP contribution >= 0.6 is 0 Å². The first kappa shape index (κ1) is 14.2. The monoisotopic (exact) mass is 280 g/mol. The Hall–Kier alpha value is -1.80. The molecule has 1 unspecified atom stereocenters. The molecule has 1 heterocycles. The van der Waals surface area contributed by atoms with Gasteiger partial charge in [-0.2, -0.15) is 0 Å². The van der Waals surface area contributed by atoms with Gasteiger partial charge in [-0.15, -0.1) is 0 Å². The van der Waals surface area contributed by atoms with Crippen LogP contribution in [0.2, 0.25) is 0 Å². The molecular weight excluding hydrogens is 256 g/mol. The molecule has 0 saturated carbocycles. The summed E-state index contributed by atoms with van der Waals surface area (Å²) in [5.74, 6) is 0. The van der Waals surface area contributed by atoms with Crippen molar-refractivity contribution in [3.63, 3.8) is 0 Å². The van der Waals surface area contributed by atoms with Gasteiger partial charge in [-0.3, -0.25) is 0 Å². The van der Waals surface area contributed by atoms with Crippen LogP contribution in [0.25, 0.3) is 0 Å². The molecule has 0 amide bonds. The Morgan fingerprint density at radius 3 is 2.67 bits per heavy atom. The fourth-order valence-electron chi connectivity index (χ4n) is 3.30. The number of hydrogen-bond donors (Lipinski definition) is 1. The Morgan fingerprint density at radius 2 is 1.81 bits per heavy atom. The number of anilines is 1. The van der Waals surface area contributed by atoms with Gasteiger partial charge < -0.3 is 10.6 Å². The lowest BCUT2D eigenvalue weighted by Gasteiger charge is -2.28. The van der Waals surface area contributed by atoms with E-state index in [0.29, 0.717) is 0 Å². The van der Waals surface area contributed by atoms with Crippen molar-refractivity contribution < 1.29 is 0 Å². The number of nitrogens with zero attached hydrogens (tertiary/aromatic N) is 1. The molecular formula is C19H24N2. The minimum Gasteiger partial charge on any atom is -0.369 e. The lowest BCUT2D eigenvalue weighted by molar-refractivity contribution is 0.643. The van der Waals surface area contributed by atoms with Gasteiger partial charge in [0.1, 0.15) is 0 Å². The summed E-state index contributed by atoms with van der Waals surface area (Å²) < 4.78 is 0. The molecule has 0 aromatic heterocycles. The number of hydrogen-bond acceptors (Lipinski definition) is 2. The van der Waals surface area contributed by atoms with Crippen molar-refractivity contribution in [2.24, 2.45) is 5.73 Å². The van der Waals surface area contributed by atoms with E-state index >= 15 is 0 Å². The van der Waals surface area contributed by atoms with Crippen LogP contribution in [0.3, 0.4) is 0 Å². The van der Waals surface area contributed by atoms with E-state index in [1.54, 1.807) is 0 Å². The first-order valence-corrected chi connectivity index (χ1v) is 7.89. The zero-order valence-corrected chi connectivity index (χ0v) is 12.8. The van der Waals surface area contributed by atoms with Crippen molar-refractivity contribution in [2.45, 2.75) is 32.2 Å². The third-order valence-corrected chi connectivity index (χ3v) is 4.46. The average Bonchev–Trinajstić information content (AvgIpc) is 2.70. The Bertz CT molecular complexity index is 606. The number of fused-ring (bicyclic) bond motifs is 1. The molecule has 2 nitrogen and oxygen atoms in total. The molecule has 2 aromatic rings.